The van der Waals surface area contributed by atoms with E-state index in [2.05, 4.69) is 0 Å². The molecule has 0 aliphatic carbocycles. The Morgan fingerprint density at radius 1 is 1.24 bits per heavy atom. The number of amides is 2. The maximum atomic E-state index is 12.7. The van der Waals surface area contributed by atoms with Gasteiger partial charge < -0.3 is 9.47 Å². The van der Waals surface area contributed by atoms with E-state index in [1.165, 1.54) is 0 Å². The van der Waals surface area contributed by atoms with E-state index in [9.17, 15) is 9.59 Å². The molecule has 5 nitrogen and oxygen atoms in total. The summed E-state index contributed by atoms with van der Waals surface area (Å²) >= 11 is 5.96. The SMILES string of the molecule is CC.Cc1cc(Cl)ccc1N(C(=O)OC(C)(C)C)C(=O)C1=CCCO1. The first-order chi connectivity index (χ1) is 11.7. The lowest BCUT2D eigenvalue weighted by Crippen LogP contribution is -2.42. The van der Waals surface area contributed by atoms with Gasteiger partial charge >= 0.3 is 12.0 Å². The summed E-state index contributed by atoms with van der Waals surface area (Å²) in [4.78, 5) is 26.3. The molecule has 2 amide bonds. The van der Waals surface area contributed by atoms with Gasteiger partial charge in [0.1, 0.15) is 5.60 Å². The molecule has 0 bridgehead atoms. The lowest BCUT2D eigenvalue weighted by Gasteiger charge is -2.27. The fourth-order valence-electron chi connectivity index (χ4n) is 2.15. The molecular weight excluding hydrogens is 342 g/mol. The molecular formula is C19H26ClNO4. The van der Waals surface area contributed by atoms with E-state index >= 15 is 0 Å². The van der Waals surface area contributed by atoms with Crippen LogP contribution in [0.1, 0.15) is 46.6 Å². The normalized spacial score (nSPS) is 13.2. The molecule has 0 unspecified atom stereocenters. The molecule has 1 heterocycles. The van der Waals surface area contributed by atoms with Gasteiger partial charge in [-0.15, -0.1) is 0 Å². The number of carbonyl (C=O) groups excluding carboxylic acids is 2. The minimum atomic E-state index is -0.746. The molecule has 25 heavy (non-hydrogen) atoms. The van der Waals surface area contributed by atoms with Crippen molar-refractivity contribution in [3.8, 4) is 0 Å². The Morgan fingerprint density at radius 3 is 2.36 bits per heavy atom. The molecule has 0 spiro atoms. The van der Waals surface area contributed by atoms with Crippen LogP contribution in [-0.4, -0.2) is 24.2 Å². The first-order valence-electron chi connectivity index (χ1n) is 8.35. The van der Waals surface area contributed by atoms with Crippen molar-refractivity contribution in [1.29, 1.82) is 0 Å². The van der Waals surface area contributed by atoms with Crippen LogP contribution in [0.15, 0.2) is 30.0 Å². The van der Waals surface area contributed by atoms with Crippen LogP contribution in [0.3, 0.4) is 0 Å². The molecule has 0 atom stereocenters. The van der Waals surface area contributed by atoms with Gasteiger partial charge in [-0.05, 0) is 57.5 Å². The second-order valence-corrected chi connectivity index (χ2v) is 6.69. The van der Waals surface area contributed by atoms with E-state index in [4.69, 9.17) is 21.1 Å². The zero-order valence-corrected chi connectivity index (χ0v) is 16.4. The zero-order chi connectivity index (χ0) is 19.2. The first kappa shape index (κ1) is 21.0. The molecule has 1 aliphatic rings. The van der Waals surface area contributed by atoms with Crippen molar-refractivity contribution in [2.75, 3.05) is 11.5 Å². The third-order valence-corrected chi connectivity index (χ3v) is 3.33. The molecule has 1 aliphatic heterocycles. The summed E-state index contributed by atoms with van der Waals surface area (Å²) in [6.07, 6.45) is 1.57. The van der Waals surface area contributed by atoms with Crippen LogP contribution in [0, 0.1) is 6.92 Å². The quantitative estimate of drug-likeness (QED) is 0.716. The van der Waals surface area contributed by atoms with Crippen LogP contribution in [-0.2, 0) is 14.3 Å². The van der Waals surface area contributed by atoms with E-state index < -0.39 is 17.6 Å². The number of ether oxygens (including phenoxy) is 2. The summed E-state index contributed by atoms with van der Waals surface area (Å²) in [5, 5.41) is 0.527. The van der Waals surface area contributed by atoms with E-state index in [1.54, 1.807) is 52.0 Å². The highest BCUT2D eigenvalue weighted by molar-refractivity contribution is 6.31. The van der Waals surface area contributed by atoms with Crippen molar-refractivity contribution in [3.63, 3.8) is 0 Å². The van der Waals surface area contributed by atoms with Gasteiger partial charge in [0.15, 0.2) is 5.76 Å². The summed E-state index contributed by atoms with van der Waals surface area (Å²) in [5.41, 5.74) is 0.390. The second kappa shape index (κ2) is 8.90. The molecule has 0 fully saturated rings. The molecule has 0 radical (unpaired) electrons. The Bertz CT molecular complexity index is 662. The van der Waals surface area contributed by atoms with Crippen LogP contribution in [0.4, 0.5) is 10.5 Å². The van der Waals surface area contributed by atoms with Gasteiger partial charge in [-0.1, -0.05) is 25.4 Å². The predicted octanol–water partition coefficient (Wildman–Crippen LogP) is 5.25. The number of aryl methyl sites for hydroxylation is 1. The standard InChI is InChI=1S/C17H20ClNO4.C2H6/c1-11-10-12(18)7-8-13(11)19(16(21)23-17(2,3)4)15(20)14-6-5-9-22-14;1-2/h6-8,10H,5,9H2,1-4H3;1-2H3. The lowest BCUT2D eigenvalue weighted by atomic mass is 10.1. The van der Waals surface area contributed by atoms with Gasteiger partial charge in [-0.3, -0.25) is 4.79 Å². The Kier molecular flexibility index (Phi) is 7.49. The van der Waals surface area contributed by atoms with Gasteiger partial charge in [-0.25, -0.2) is 9.69 Å². The number of imide groups is 1. The lowest BCUT2D eigenvalue weighted by molar-refractivity contribution is -0.117. The monoisotopic (exact) mass is 367 g/mol. The number of hydrogen-bond donors (Lipinski definition) is 0. The van der Waals surface area contributed by atoms with E-state index in [0.717, 1.165) is 4.90 Å². The van der Waals surface area contributed by atoms with Crippen molar-refractivity contribution in [2.45, 2.75) is 53.6 Å². The van der Waals surface area contributed by atoms with Crippen molar-refractivity contribution in [2.24, 2.45) is 0 Å². The van der Waals surface area contributed by atoms with Crippen molar-refractivity contribution in [3.05, 3.63) is 40.6 Å². The molecule has 0 saturated carbocycles. The number of benzene rings is 1. The number of hydrogen-bond acceptors (Lipinski definition) is 4. The number of anilines is 1. The van der Waals surface area contributed by atoms with Crippen LogP contribution in [0.2, 0.25) is 5.02 Å². The number of carbonyl (C=O) groups is 2. The zero-order valence-electron chi connectivity index (χ0n) is 15.7. The van der Waals surface area contributed by atoms with Crippen LogP contribution >= 0.6 is 11.6 Å². The fraction of sp³-hybridized carbons (Fsp3) is 0.474. The summed E-state index contributed by atoms with van der Waals surface area (Å²) in [6.45, 7) is 11.4. The van der Waals surface area contributed by atoms with Crippen LogP contribution < -0.4 is 4.90 Å². The Hall–Kier alpha value is -2.01. The summed E-state index contributed by atoms with van der Waals surface area (Å²) in [6, 6.07) is 4.93. The summed E-state index contributed by atoms with van der Waals surface area (Å²) in [7, 11) is 0. The van der Waals surface area contributed by atoms with Gasteiger partial charge in [0.25, 0.3) is 0 Å². The largest absolute Gasteiger partial charge is 0.488 e. The Labute approximate surface area is 154 Å². The molecule has 0 aromatic heterocycles. The van der Waals surface area contributed by atoms with E-state index in [1.807, 2.05) is 13.8 Å². The second-order valence-electron chi connectivity index (χ2n) is 6.26. The van der Waals surface area contributed by atoms with Gasteiger partial charge in [0, 0.05) is 11.4 Å². The van der Waals surface area contributed by atoms with Crippen LogP contribution in [0.25, 0.3) is 0 Å². The Morgan fingerprint density at radius 2 is 1.88 bits per heavy atom. The number of nitrogens with zero attached hydrogens (tertiary/aromatic N) is 1. The van der Waals surface area contributed by atoms with Gasteiger partial charge in [0.05, 0.1) is 12.3 Å². The average Bonchev–Trinajstić information content (AvgIpc) is 3.04. The van der Waals surface area contributed by atoms with Crippen molar-refractivity contribution < 1.29 is 19.1 Å². The molecule has 1 aromatic rings. The third-order valence-electron chi connectivity index (χ3n) is 3.09. The van der Waals surface area contributed by atoms with E-state index in [0.29, 0.717) is 29.3 Å². The number of rotatable bonds is 2. The minimum Gasteiger partial charge on any atom is -0.488 e. The highest BCUT2D eigenvalue weighted by Crippen LogP contribution is 2.27. The highest BCUT2D eigenvalue weighted by Gasteiger charge is 2.33. The molecule has 1 aromatic carbocycles. The molecule has 0 N–H and O–H groups in total. The topological polar surface area (TPSA) is 55.8 Å². The maximum absolute atomic E-state index is 12.7. The van der Waals surface area contributed by atoms with Gasteiger partial charge in [-0.2, -0.15) is 0 Å². The molecule has 0 saturated heterocycles. The van der Waals surface area contributed by atoms with Crippen molar-refractivity contribution in [1.82, 2.24) is 0 Å². The molecule has 6 heteroatoms. The van der Waals surface area contributed by atoms with Crippen molar-refractivity contribution >= 4 is 29.3 Å². The maximum Gasteiger partial charge on any atom is 0.422 e. The Balaban J connectivity index is 0.00000151. The smallest absolute Gasteiger partial charge is 0.422 e. The molecule has 2 rings (SSSR count). The number of halogens is 1. The first-order valence-corrected chi connectivity index (χ1v) is 8.73. The molecule has 138 valence electrons. The summed E-state index contributed by atoms with van der Waals surface area (Å²) in [5.74, 6) is -0.382. The van der Waals surface area contributed by atoms with Crippen LogP contribution in [0.5, 0.6) is 0 Å². The third kappa shape index (κ3) is 5.78. The minimum absolute atomic E-state index is 0.158. The predicted molar refractivity (Wildman–Crippen MR) is 99.9 cm³/mol. The van der Waals surface area contributed by atoms with Gasteiger partial charge in [0.2, 0.25) is 0 Å². The summed E-state index contributed by atoms with van der Waals surface area (Å²) < 4.78 is 10.7. The average molecular weight is 368 g/mol. The highest BCUT2D eigenvalue weighted by atomic mass is 35.5. The fourth-order valence-corrected chi connectivity index (χ4v) is 2.37. The van der Waals surface area contributed by atoms with E-state index in [-0.39, 0.29) is 5.76 Å².